The van der Waals surface area contributed by atoms with Crippen molar-refractivity contribution < 1.29 is 27.5 Å². The molecule has 1 spiro atoms. The van der Waals surface area contributed by atoms with E-state index in [-0.39, 0.29) is 23.0 Å². The second-order valence-corrected chi connectivity index (χ2v) is 7.39. The Morgan fingerprint density at radius 2 is 2.00 bits per heavy atom. The fourth-order valence-electron chi connectivity index (χ4n) is 3.77. The van der Waals surface area contributed by atoms with Gasteiger partial charge in [0, 0.05) is 33.3 Å². The molecule has 0 bridgehead atoms. The highest BCUT2D eigenvalue weighted by atomic mass is 35.5. The lowest BCUT2D eigenvalue weighted by atomic mass is 9.85. The topological polar surface area (TPSA) is 49.9 Å². The molecule has 1 atom stereocenters. The smallest absolute Gasteiger partial charge is 0.383 e. The lowest BCUT2D eigenvalue weighted by Crippen LogP contribution is -2.39. The number of amides is 2. The Bertz CT molecular complexity index is 756. The first-order valence-corrected chi connectivity index (χ1v) is 9.00. The highest BCUT2D eigenvalue weighted by Crippen LogP contribution is 2.41. The van der Waals surface area contributed by atoms with E-state index in [1.165, 1.54) is 4.90 Å². The first-order valence-electron chi connectivity index (χ1n) is 8.62. The first kappa shape index (κ1) is 19.9. The predicted molar refractivity (Wildman–Crippen MR) is 92.5 cm³/mol. The summed E-state index contributed by atoms with van der Waals surface area (Å²) in [6.07, 6.45) is -3.44. The summed E-state index contributed by atoms with van der Waals surface area (Å²) in [5, 5.41) is -0.0339. The maximum absolute atomic E-state index is 12.9. The van der Waals surface area contributed by atoms with E-state index in [1.54, 1.807) is 12.0 Å². The van der Waals surface area contributed by atoms with E-state index in [0.717, 1.165) is 18.2 Å². The summed E-state index contributed by atoms with van der Waals surface area (Å²) < 4.78 is 43.9. The van der Waals surface area contributed by atoms with Gasteiger partial charge in [-0.25, -0.2) is 0 Å². The van der Waals surface area contributed by atoms with Crippen molar-refractivity contribution in [1.82, 2.24) is 9.80 Å². The summed E-state index contributed by atoms with van der Waals surface area (Å²) in [5.74, 6) is -0.601. The Morgan fingerprint density at radius 1 is 1.30 bits per heavy atom. The minimum absolute atomic E-state index is 0.0232. The largest absolute Gasteiger partial charge is 0.416 e. The molecule has 1 aromatic carbocycles. The van der Waals surface area contributed by atoms with Crippen molar-refractivity contribution >= 4 is 23.4 Å². The number of likely N-dealkylation sites (tertiary alicyclic amines) is 2. The highest BCUT2D eigenvalue weighted by Gasteiger charge is 2.51. The fraction of sp³-hybridized carbons (Fsp3) is 0.556. The molecule has 0 N–H and O–H groups in total. The maximum atomic E-state index is 12.9. The number of carbonyl (C=O) groups excluding carboxylic acids is 2. The molecule has 9 heteroatoms. The number of rotatable bonds is 4. The number of benzene rings is 1. The predicted octanol–water partition coefficient (Wildman–Crippen LogP) is 3.07. The monoisotopic (exact) mass is 404 g/mol. The number of nitrogens with zero attached hydrogens (tertiary/aromatic N) is 2. The zero-order chi connectivity index (χ0) is 19.8. The Balaban J connectivity index is 1.76. The van der Waals surface area contributed by atoms with Gasteiger partial charge in [0.1, 0.15) is 0 Å². The van der Waals surface area contributed by atoms with Crippen LogP contribution in [0.25, 0.3) is 0 Å². The highest BCUT2D eigenvalue weighted by molar-refractivity contribution is 6.33. The standard InChI is InChI=1S/C18H20ClF3N2O3/c1-27-9-8-23-6-4-17(16(23)26)5-7-24(11-17)15(25)13-10-12(18(20,21)22)2-3-14(13)19/h2-3,10H,4-9,11H2,1H3. The molecule has 2 saturated heterocycles. The molecule has 2 heterocycles. The maximum Gasteiger partial charge on any atom is 0.416 e. The molecule has 0 radical (unpaired) electrons. The van der Waals surface area contributed by atoms with Gasteiger partial charge < -0.3 is 14.5 Å². The molecule has 0 aromatic heterocycles. The van der Waals surface area contributed by atoms with Crippen molar-refractivity contribution in [1.29, 1.82) is 0 Å². The van der Waals surface area contributed by atoms with Gasteiger partial charge in [-0.05, 0) is 31.0 Å². The van der Waals surface area contributed by atoms with Gasteiger partial charge in [-0.3, -0.25) is 9.59 Å². The SMILES string of the molecule is COCCN1CCC2(CCN(C(=O)c3cc(C(F)(F)F)ccc3Cl)C2)C1=O. The average Bonchev–Trinajstić information content (AvgIpc) is 3.18. The van der Waals surface area contributed by atoms with Crippen LogP contribution in [0, 0.1) is 5.41 Å². The number of hydrogen-bond acceptors (Lipinski definition) is 3. The molecule has 2 aliphatic rings. The minimum atomic E-state index is -4.56. The molecule has 2 amide bonds. The van der Waals surface area contributed by atoms with Crippen LogP contribution in [0.4, 0.5) is 13.2 Å². The third kappa shape index (κ3) is 3.78. The Morgan fingerprint density at radius 3 is 2.67 bits per heavy atom. The van der Waals surface area contributed by atoms with Gasteiger partial charge >= 0.3 is 6.18 Å². The minimum Gasteiger partial charge on any atom is -0.383 e. The second kappa shape index (κ2) is 7.31. The van der Waals surface area contributed by atoms with Crippen LogP contribution >= 0.6 is 11.6 Å². The van der Waals surface area contributed by atoms with Crippen molar-refractivity contribution in [2.45, 2.75) is 19.0 Å². The molecule has 0 saturated carbocycles. The Kier molecular flexibility index (Phi) is 5.40. The molecule has 2 aliphatic heterocycles. The van der Waals surface area contributed by atoms with Crippen molar-refractivity contribution in [3.05, 3.63) is 34.3 Å². The first-order chi connectivity index (χ1) is 12.7. The number of alkyl halides is 3. The van der Waals surface area contributed by atoms with Crippen molar-refractivity contribution in [2.24, 2.45) is 5.41 Å². The van der Waals surface area contributed by atoms with Crippen LogP contribution in [0.15, 0.2) is 18.2 Å². The summed E-state index contributed by atoms with van der Waals surface area (Å²) in [5.41, 5.74) is -1.77. The summed E-state index contributed by atoms with van der Waals surface area (Å²) in [6, 6.07) is 2.70. The Labute approximate surface area is 160 Å². The van der Waals surface area contributed by atoms with Crippen LogP contribution in [0.2, 0.25) is 5.02 Å². The number of halogens is 4. The van der Waals surface area contributed by atoms with Gasteiger partial charge in [-0.1, -0.05) is 11.6 Å². The summed E-state index contributed by atoms with van der Waals surface area (Å²) in [7, 11) is 1.56. The molecule has 148 valence electrons. The van der Waals surface area contributed by atoms with Crippen molar-refractivity contribution in [3.8, 4) is 0 Å². The van der Waals surface area contributed by atoms with Crippen LogP contribution in [-0.2, 0) is 15.7 Å². The van der Waals surface area contributed by atoms with E-state index in [1.807, 2.05) is 0 Å². The molecule has 2 fully saturated rings. The van der Waals surface area contributed by atoms with E-state index < -0.39 is 23.1 Å². The summed E-state index contributed by atoms with van der Waals surface area (Å²) in [6.45, 7) is 2.03. The Hall–Kier alpha value is -1.80. The molecule has 0 aliphatic carbocycles. The molecule has 27 heavy (non-hydrogen) atoms. The average molecular weight is 405 g/mol. The number of hydrogen-bond donors (Lipinski definition) is 0. The van der Waals surface area contributed by atoms with E-state index in [9.17, 15) is 22.8 Å². The normalized spacial score (nSPS) is 22.9. The van der Waals surface area contributed by atoms with Crippen LogP contribution in [-0.4, -0.2) is 61.5 Å². The van der Waals surface area contributed by atoms with Crippen LogP contribution in [0.3, 0.4) is 0 Å². The van der Waals surface area contributed by atoms with Crippen molar-refractivity contribution in [2.75, 3.05) is 39.9 Å². The number of methoxy groups -OCH3 is 1. The fourth-order valence-corrected chi connectivity index (χ4v) is 3.97. The summed E-state index contributed by atoms with van der Waals surface area (Å²) in [4.78, 5) is 28.7. The van der Waals surface area contributed by atoms with E-state index in [0.29, 0.717) is 39.1 Å². The lowest BCUT2D eigenvalue weighted by Gasteiger charge is -2.24. The van der Waals surface area contributed by atoms with E-state index in [2.05, 4.69) is 0 Å². The number of ether oxygens (including phenoxy) is 1. The number of carbonyl (C=O) groups is 2. The van der Waals surface area contributed by atoms with E-state index >= 15 is 0 Å². The van der Waals surface area contributed by atoms with Gasteiger partial charge in [-0.15, -0.1) is 0 Å². The van der Waals surface area contributed by atoms with Crippen LogP contribution in [0.5, 0.6) is 0 Å². The molecule has 1 unspecified atom stereocenters. The quantitative estimate of drug-likeness (QED) is 0.775. The molecule has 3 rings (SSSR count). The zero-order valence-corrected chi connectivity index (χ0v) is 15.6. The van der Waals surface area contributed by atoms with Gasteiger partial charge in [0.25, 0.3) is 5.91 Å². The zero-order valence-electron chi connectivity index (χ0n) is 14.8. The lowest BCUT2D eigenvalue weighted by molar-refractivity contribution is -0.137. The van der Waals surface area contributed by atoms with Gasteiger partial charge in [0.15, 0.2) is 0 Å². The second-order valence-electron chi connectivity index (χ2n) is 6.98. The van der Waals surface area contributed by atoms with Gasteiger partial charge in [-0.2, -0.15) is 13.2 Å². The van der Waals surface area contributed by atoms with Gasteiger partial charge in [0.2, 0.25) is 5.91 Å². The van der Waals surface area contributed by atoms with E-state index in [4.69, 9.17) is 16.3 Å². The van der Waals surface area contributed by atoms with Gasteiger partial charge in [0.05, 0.1) is 28.2 Å². The molecular weight excluding hydrogens is 385 g/mol. The van der Waals surface area contributed by atoms with Crippen LogP contribution < -0.4 is 0 Å². The van der Waals surface area contributed by atoms with Crippen molar-refractivity contribution in [3.63, 3.8) is 0 Å². The third-order valence-corrected chi connectivity index (χ3v) is 5.66. The summed E-state index contributed by atoms with van der Waals surface area (Å²) >= 11 is 5.98. The van der Waals surface area contributed by atoms with Crippen LogP contribution in [0.1, 0.15) is 28.8 Å². The molecule has 1 aromatic rings. The molecular formula is C18H20ClF3N2O3. The molecule has 5 nitrogen and oxygen atoms in total. The third-order valence-electron chi connectivity index (χ3n) is 5.33.